The van der Waals surface area contributed by atoms with E-state index in [9.17, 15) is 19.7 Å². The Bertz CT molecular complexity index is 1300. The lowest BCUT2D eigenvalue weighted by molar-refractivity contribution is -0.384. The van der Waals surface area contributed by atoms with Crippen LogP contribution in [0.2, 0.25) is 0 Å². The zero-order chi connectivity index (χ0) is 20.4. The van der Waals surface area contributed by atoms with E-state index in [0.29, 0.717) is 28.0 Å². The first-order chi connectivity index (χ1) is 14.0. The average Bonchev–Trinajstić information content (AvgIpc) is 2.74. The largest absolute Gasteiger partial charge is 0.321 e. The van der Waals surface area contributed by atoms with Gasteiger partial charge in [-0.2, -0.15) is 0 Å². The standard InChI is InChI=1S/C21H14N4O4/c26-20(13-9-11-14(12-10-13)25(28)29)23-17-7-3-1-5-15(17)19-22-18-8-4-2-6-16(18)21(27)24-19/h1-12H,(H,23,26)(H,22,24,27). The molecule has 0 aliphatic rings. The number of non-ortho nitro benzene ring substituents is 1. The van der Waals surface area contributed by atoms with Crippen molar-refractivity contribution in [1.29, 1.82) is 0 Å². The molecule has 2 N–H and O–H groups in total. The second-order valence-corrected chi connectivity index (χ2v) is 6.24. The first kappa shape index (κ1) is 18.1. The summed E-state index contributed by atoms with van der Waals surface area (Å²) in [5.41, 5.74) is 1.44. The maximum Gasteiger partial charge on any atom is 0.269 e. The molecule has 0 aliphatic heterocycles. The number of aromatic nitrogens is 2. The summed E-state index contributed by atoms with van der Waals surface area (Å²) < 4.78 is 0. The fraction of sp³-hybridized carbons (Fsp3) is 0. The molecule has 1 amide bonds. The highest BCUT2D eigenvalue weighted by atomic mass is 16.6. The van der Waals surface area contributed by atoms with E-state index in [-0.39, 0.29) is 16.8 Å². The van der Waals surface area contributed by atoms with Crippen LogP contribution in [0.5, 0.6) is 0 Å². The van der Waals surface area contributed by atoms with E-state index in [1.54, 1.807) is 48.5 Å². The molecule has 4 rings (SSSR count). The Kier molecular flexibility index (Phi) is 4.58. The number of nitro groups is 1. The van der Waals surface area contributed by atoms with Crippen molar-refractivity contribution in [2.45, 2.75) is 0 Å². The summed E-state index contributed by atoms with van der Waals surface area (Å²) in [6.45, 7) is 0. The summed E-state index contributed by atoms with van der Waals surface area (Å²) in [4.78, 5) is 42.4. The van der Waals surface area contributed by atoms with E-state index in [2.05, 4.69) is 15.3 Å². The molecule has 0 atom stereocenters. The van der Waals surface area contributed by atoms with Crippen molar-refractivity contribution in [3.63, 3.8) is 0 Å². The van der Waals surface area contributed by atoms with Crippen LogP contribution >= 0.6 is 0 Å². The first-order valence-corrected chi connectivity index (χ1v) is 8.67. The fourth-order valence-electron chi connectivity index (χ4n) is 2.94. The Morgan fingerprint density at radius 1 is 0.966 bits per heavy atom. The Morgan fingerprint density at radius 3 is 2.41 bits per heavy atom. The summed E-state index contributed by atoms with van der Waals surface area (Å²) in [5, 5.41) is 14.0. The Balaban J connectivity index is 1.69. The Labute approximate surface area is 164 Å². The van der Waals surface area contributed by atoms with E-state index in [0.717, 1.165) is 0 Å². The average molecular weight is 386 g/mol. The van der Waals surface area contributed by atoms with E-state index in [4.69, 9.17) is 0 Å². The second kappa shape index (κ2) is 7.35. The van der Waals surface area contributed by atoms with E-state index < -0.39 is 10.8 Å². The molecule has 4 aromatic rings. The normalized spacial score (nSPS) is 10.6. The molecule has 0 aliphatic carbocycles. The molecule has 8 nitrogen and oxygen atoms in total. The molecular weight excluding hydrogens is 372 g/mol. The fourth-order valence-corrected chi connectivity index (χ4v) is 2.94. The number of anilines is 1. The number of nitrogens with zero attached hydrogens (tertiary/aromatic N) is 2. The predicted molar refractivity (Wildman–Crippen MR) is 109 cm³/mol. The van der Waals surface area contributed by atoms with Crippen LogP contribution in [0.25, 0.3) is 22.3 Å². The molecule has 3 aromatic carbocycles. The number of nitrogens with one attached hydrogen (secondary N) is 2. The van der Waals surface area contributed by atoms with Gasteiger partial charge < -0.3 is 10.3 Å². The van der Waals surface area contributed by atoms with Gasteiger partial charge in [0.05, 0.1) is 21.5 Å². The molecule has 0 saturated heterocycles. The van der Waals surface area contributed by atoms with Crippen LogP contribution in [0, 0.1) is 10.1 Å². The lowest BCUT2D eigenvalue weighted by Gasteiger charge is -2.11. The van der Waals surface area contributed by atoms with E-state index >= 15 is 0 Å². The third kappa shape index (κ3) is 3.59. The molecular formula is C21H14N4O4. The van der Waals surface area contributed by atoms with Crippen LogP contribution < -0.4 is 10.9 Å². The molecule has 142 valence electrons. The number of para-hydroxylation sites is 2. The van der Waals surface area contributed by atoms with Crippen molar-refractivity contribution in [2.24, 2.45) is 0 Å². The number of carbonyl (C=O) groups is 1. The Morgan fingerprint density at radius 2 is 1.66 bits per heavy atom. The van der Waals surface area contributed by atoms with Crippen LogP contribution in [-0.4, -0.2) is 20.8 Å². The van der Waals surface area contributed by atoms with E-state index in [1.807, 2.05) is 0 Å². The molecule has 0 bridgehead atoms. The maximum atomic E-state index is 12.6. The van der Waals surface area contributed by atoms with Crippen molar-refractivity contribution in [1.82, 2.24) is 9.97 Å². The summed E-state index contributed by atoms with van der Waals surface area (Å²) in [5.74, 6) is -0.108. The van der Waals surface area contributed by atoms with Crippen molar-refractivity contribution >= 4 is 28.2 Å². The van der Waals surface area contributed by atoms with Gasteiger partial charge >= 0.3 is 0 Å². The second-order valence-electron chi connectivity index (χ2n) is 6.24. The molecule has 0 spiro atoms. The number of rotatable bonds is 4. The molecule has 1 aromatic heterocycles. The van der Waals surface area contributed by atoms with E-state index in [1.165, 1.54) is 24.3 Å². The van der Waals surface area contributed by atoms with Crippen LogP contribution in [0.3, 0.4) is 0 Å². The monoisotopic (exact) mass is 386 g/mol. The molecule has 8 heteroatoms. The smallest absolute Gasteiger partial charge is 0.269 e. The topological polar surface area (TPSA) is 118 Å². The van der Waals surface area contributed by atoms with Gasteiger partial charge in [-0.3, -0.25) is 19.7 Å². The highest BCUT2D eigenvalue weighted by Crippen LogP contribution is 2.26. The molecule has 1 heterocycles. The quantitative estimate of drug-likeness (QED) is 0.409. The number of fused-ring (bicyclic) bond motifs is 1. The minimum Gasteiger partial charge on any atom is -0.321 e. The van der Waals surface area contributed by atoms with Gasteiger partial charge in [0, 0.05) is 23.3 Å². The van der Waals surface area contributed by atoms with Gasteiger partial charge in [0.2, 0.25) is 0 Å². The van der Waals surface area contributed by atoms with Crippen LogP contribution in [0.1, 0.15) is 10.4 Å². The summed E-state index contributed by atoms with van der Waals surface area (Å²) >= 11 is 0. The third-order valence-corrected chi connectivity index (χ3v) is 4.38. The zero-order valence-corrected chi connectivity index (χ0v) is 15.0. The number of amides is 1. The summed E-state index contributed by atoms with van der Waals surface area (Å²) in [6.07, 6.45) is 0. The van der Waals surface area contributed by atoms with Gasteiger partial charge in [0.15, 0.2) is 0 Å². The van der Waals surface area contributed by atoms with Gasteiger partial charge in [0.1, 0.15) is 5.82 Å². The predicted octanol–water partition coefficient (Wildman–Crippen LogP) is 3.75. The minimum absolute atomic E-state index is 0.0973. The van der Waals surface area contributed by atoms with Gasteiger partial charge in [-0.15, -0.1) is 0 Å². The van der Waals surface area contributed by atoms with Gasteiger partial charge in [-0.05, 0) is 36.4 Å². The lowest BCUT2D eigenvalue weighted by atomic mass is 10.1. The number of hydrogen-bond acceptors (Lipinski definition) is 5. The van der Waals surface area contributed by atoms with Crippen molar-refractivity contribution < 1.29 is 9.72 Å². The third-order valence-electron chi connectivity index (χ3n) is 4.38. The number of aromatic amines is 1. The van der Waals surface area contributed by atoms with Crippen molar-refractivity contribution in [3.05, 3.63) is 98.8 Å². The molecule has 0 unspecified atom stereocenters. The van der Waals surface area contributed by atoms with Crippen LogP contribution in [-0.2, 0) is 0 Å². The molecule has 0 saturated carbocycles. The number of nitro benzene ring substituents is 1. The summed E-state index contributed by atoms with van der Waals surface area (Å²) in [7, 11) is 0. The maximum absolute atomic E-state index is 12.6. The summed E-state index contributed by atoms with van der Waals surface area (Å²) in [6, 6.07) is 19.2. The number of benzene rings is 3. The van der Waals surface area contributed by atoms with Crippen molar-refractivity contribution in [2.75, 3.05) is 5.32 Å². The van der Waals surface area contributed by atoms with Crippen LogP contribution in [0.4, 0.5) is 11.4 Å². The van der Waals surface area contributed by atoms with Crippen molar-refractivity contribution in [3.8, 4) is 11.4 Å². The zero-order valence-electron chi connectivity index (χ0n) is 15.0. The molecule has 0 radical (unpaired) electrons. The minimum atomic E-state index is -0.529. The SMILES string of the molecule is O=C(Nc1ccccc1-c1nc2ccccc2c(=O)[nH]1)c1ccc([N+](=O)[O-])cc1. The number of hydrogen-bond donors (Lipinski definition) is 2. The molecule has 0 fully saturated rings. The van der Waals surface area contributed by atoms with Gasteiger partial charge in [-0.25, -0.2) is 4.98 Å². The molecule has 29 heavy (non-hydrogen) atoms. The number of carbonyl (C=O) groups excluding carboxylic acids is 1. The Hall–Kier alpha value is -4.33. The highest BCUT2D eigenvalue weighted by Gasteiger charge is 2.14. The first-order valence-electron chi connectivity index (χ1n) is 8.67. The highest BCUT2D eigenvalue weighted by molar-refractivity contribution is 6.06. The number of H-pyrrole nitrogens is 1. The lowest BCUT2D eigenvalue weighted by Crippen LogP contribution is -2.14. The van der Waals surface area contributed by atoms with Gasteiger partial charge in [-0.1, -0.05) is 24.3 Å². The van der Waals surface area contributed by atoms with Gasteiger partial charge in [0.25, 0.3) is 17.2 Å². The van der Waals surface area contributed by atoms with Crippen LogP contribution in [0.15, 0.2) is 77.6 Å².